The minimum atomic E-state index is 0.0393. The highest BCUT2D eigenvalue weighted by molar-refractivity contribution is 6.24. The van der Waals surface area contributed by atoms with Crippen molar-refractivity contribution in [3.05, 3.63) is 95.1 Å². The molecule has 0 atom stereocenters. The molecule has 0 amide bonds. The molecule has 1 heterocycles. The second-order valence-corrected chi connectivity index (χ2v) is 12.4. The van der Waals surface area contributed by atoms with E-state index in [0.717, 1.165) is 85.2 Å². The van der Waals surface area contributed by atoms with E-state index < -0.39 is 0 Å². The first-order chi connectivity index (χ1) is 24.0. The molecule has 4 aromatic rings. The van der Waals surface area contributed by atoms with Gasteiger partial charge in [0, 0.05) is 57.6 Å². The summed E-state index contributed by atoms with van der Waals surface area (Å²) in [5.74, 6) is 3.04. The topological polar surface area (TPSA) is 77.5 Å². The Balaban J connectivity index is 0.000000170. The first-order valence-electron chi connectivity index (χ1n) is 17.4. The van der Waals surface area contributed by atoms with Crippen molar-refractivity contribution < 1.29 is 28.5 Å². The Morgan fingerprint density at radius 1 is 0.592 bits per heavy atom. The molecular weight excluding hydrogens is 616 g/mol. The van der Waals surface area contributed by atoms with Gasteiger partial charge in [-0.2, -0.15) is 0 Å². The summed E-state index contributed by atoms with van der Waals surface area (Å²) < 4.78 is 23.1. The SMILES string of the molecule is CCN(CC)CCCOc1cccc2c1-c1c(OC)cccc1C2=O.COc1cccc2c1-c1c(OCCN3CCCC3)cccc1C2=O. The molecule has 0 radical (unpaired) electrons. The molecule has 2 aliphatic carbocycles. The third-order valence-electron chi connectivity index (χ3n) is 9.66. The standard InChI is InChI=1S/C21H25NO3.C20H21NO3/c1-4-22(5-2)13-8-14-25-18-12-7-10-16-20(18)19-15(21(16)23)9-6-11-17(19)24-3;1-23-16-8-4-6-14-18(16)19-15(20(14)22)7-5-9-17(19)24-13-12-21-10-2-3-11-21/h6-7,9-12H,4-5,8,13-14H2,1-3H3;4-9H,2-3,10-13H2,1H3. The normalized spacial score (nSPS) is 14.1. The van der Waals surface area contributed by atoms with Crippen LogP contribution in [0, 0.1) is 0 Å². The van der Waals surface area contributed by atoms with Crippen molar-refractivity contribution >= 4 is 11.6 Å². The first-order valence-corrected chi connectivity index (χ1v) is 17.4. The van der Waals surface area contributed by atoms with Crippen LogP contribution in [0.15, 0.2) is 72.8 Å². The van der Waals surface area contributed by atoms with Gasteiger partial charge in [-0.3, -0.25) is 14.5 Å². The molecule has 256 valence electrons. The van der Waals surface area contributed by atoms with Crippen LogP contribution in [-0.2, 0) is 0 Å². The van der Waals surface area contributed by atoms with Gasteiger partial charge in [0.15, 0.2) is 11.6 Å². The van der Waals surface area contributed by atoms with Crippen LogP contribution in [0.5, 0.6) is 23.0 Å². The van der Waals surface area contributed by atoms with Crippen molar-refractivity contribution in [3.63, 3.8) is 0 Å². The zero-order chi connectivity index (χ0) is 34.3. The summed E-state index contributed by atoms with van der Waals surface area (Å²) in [6.45, 7) is 12.0. The van der Waals surface area contributed by atoms with E-state index in [9.17, 15) is 9.59 Å². The number of ether oxygens (including phenoxy) is 4. The lowest BCUT2D eigenvalue weighted by Gasteiger charge is -2.18. The Labute approximate surface area is 289 Å². The average molecular weight is 663 g/mol. The molecule has 0 aromatic heterocycles. The van der Waals surface area contributed by atoms with Gasteiger partial charge in [-0.15, -0.1) is 0 Å². The van der Waals surface area contributed by atoms with E-state index in [1.807, 2.05) is 72.8 Å². The predicted octanol–water partition coefficient (Wildman–Crippen LogP) is 7.40. The number of benzene rings is 4. The lowest BCUT2D eigenvalue weighted by molar-refractivity contribution is 0.103. The Morgan fingerprint density at radius 3 is 1.43 bits per heavy atom. The molecule has 3 aliphatic rings. The lowest BCUT2D eigenvalue weighted by atomic mass is 10.0. The van der Waals surface area contributed by atoms with Gasteiger partial charge < -0.3 is 23.8 Å². The van der Waals surface area contributed by atoms with Gasteiger partial charge in [-0.25, -0.2) is 0 Å². The summed E-state index contributed by atoms with van der Waals surface area (Å²) >= 11 is 0. The molecule has 8 heteroatoms. The fourth-order valence-corrected chi connectivity index (χ4v) is 7.08. The number of methoxy groups -OCH3 is 2. The van der Waals surface area contributed by atoms with E-state index >= 15 is 0 Å². The lowest BCUT2D eigenvalue weighted by Crippen LogP contribution is -2.25. The van der Waals surface area contributed by atoms with Crippen molar-refractivity contribution in [3.8, 4) is 45.3 Å². The van der Waals surface area contributed by atoms with Crippen LogP contribution in [0.25, 0.3) is 22.3 Å². The number of nitrogens with zero attached hydrogens (tertiary/aromatic N) is 2. The minimum absolute atomic E-state index is 0.0393. The zero-order valence-corrected chi connectivity index (χ0v) is 29.1. The van der Waals surface area contributed by atoms with Crippen LogP contribution in [0.3, 0.4) is 0 Å². The summed E-state index contributed by atoms with van der Waals surface area (Å²) in [6, 6.07) is 22.6. The number of ketones is 2. The molecule has 0 spiro atoms. The second kappa shape index (κ2) is 15.7. The summed E-state index contributed by atoms with van der Waals surface area (Å²) in [6.07, 6.45) is 3.51. The predicted molar refractivity (Wildman–Crippen MR) is 193 cm³/mol. The molecule has 7 rings (SSSR count). The van der Waals surface area contributed by atoms with Crippen LogP contribution in [0.1, 0.15) is 65.0 Å². The van der Waals surface area contributed by atoms with Gasteiger partial charge in [0.2, 0.25) is 0 Å². The van der Waals surface area contributed by atoms with Crippen LogP contribution in [0.4, 0.5) is 0 Å². The van der Waals surface area contributed by atoms with Gasteiger partial charge in [0.25, 0.3) is 0 Å². The smallest absolute Gasteiger partial charge is 0.194 e. The molecule has 49 heavy (non-hydrogen) atoms. The summed E-state index contributed by atoms with van der Waals surface area (Å²) in [5.41, 5.74) is 6.22. The molecule has 0 N–H and O–H groups in total. The fraction of sp³-hybridized carbons (Fsp3) is 0.366. The van der Waals surface area contributed by atoms with Crippen molar-refractivity contribution in [1.29, 1.82) is 0 Å². The van der Waals surface area contributed by atoms with Gasteiger partial charge in [0.05, 0.1) is 20.8 Å². The zero-order valence-electron chi connectivity index (χ0n) is 29.1. The quantitative estimate of drug-likeness (QED) is 0.119. The molecule has 4 aromatic carbocycles. The molecule has 0 unspecified atom stereocenters. The van der Waals surface area contributed by atoms with E-state index in [0.29, 0.717) is 41.2 Å². The van der Waals surface area contributed by atoms with Crippen molar-refractivity contribution in [2.24, 2.45) is 0 Å². The molecule has 1 saturated heterocycles. The van der Waals surface area contributed by atoms with Gasteiger partial charge in [0.1, 0.15) is 29.6 Å². The van der Waals surface area contributed by atoms with E-state index in [1.54, 1.807) is 14.2 Å². The van der Waals surface area contributed by atoms with Gasteiger partial charge >= 0.3 is 0 Å². The first kappa shape index (κ1) is 34.2. The van der Waals surface area contributed by atoms with Crippen LogP contribution in [-0.4, -0.2) is 88.1 Å². The Morgan fingerprint density at radius 2 is 1.00 bits per heavy atom. The number of carbonyl (C=O) groups excluding carboxylic acids is 2. The maximum Gasteiger partial charge on any atom is 0.194 e. The van der Waals surface area contributed by atoms with E-state index in [2.05, 4.69) is 23.6 Å². The Kier molecular flexibility index (Phi) is 11.0. The third kappa shape index (κ3) is 6.94. The molecule has 1 fully saturated rings. The molecule has 1 aliphatic heterocycles. The average Bonchev–Trinajstić information content (AvgIpc) is 3.85. The largest absolute Gasteiger partial charge is 0.496 e. The molecule has 8 nitrogen and oxygen atoms in total. The number of hydrogen-bond donors (Lipinski definition) is 0. The molecule has 0 saturated carbocycles. The van der Waals surface area contributed by atoms with Crippen LogP contribution < -0.4 is 18.9 Å². The van der Waals surface area contributed by atoms with Crippen molar-refractivity contribution in [2.45, 2.75) is 33.1 Å². The highest BCUT2D eigenvalue weighted by atomic mass is 16.5. The fourth-order valence-electron chi connectivity index (χ4n) is 7.08. The number of carbonyl (C=O) groups is 2. The second-order valence-electron chi connectivity index (χ2n) is 12.4. The van der Waals surface area contributed by atoms with Crippen molar-refractivity contribution in [1.82, 2.24) is 9.80 Å². The number of hydrogen-bond acceptors (Lipinski definition) is 8. The molecule has 0 bridgehead atoms. The molecular formula is C41H46N2O6. The minimum Gasteiger partial charge on any atom is -0.496 e. The van der Waals surface area contributed by atoms with E-state index in [-0.39, 0.29) is 11.6 Å². The number of rotatable bonds is 13. The van der Waals surface area contributed by atoms with Crippen LogP contribution in [0.2, 0.25) is 0 Å². The number of likely N-dealkylation sites (tertiary alicyclic amines) is 1. The highest BCUT2D eigenvalue weighted by Gasteiger charge is 2.33. The third-order valence-corrected chi connectivity index (χ3v) is 9.66. The Hall–Kier alpha value is -4.66. The van der Waals surface area contributed by atoms with Gasteiger partial charge in [-0.1, -0.05) is 62.4 Å². The maximum absolute atomic E-state index is 12.7. The maximum atomic E-state index is 12.7. The number of fused-ring (bicyclic) bond motifs is 6. The highest BCUT2D eigenvalue weighted by Crippen LogP contribution is 2.48. The van der Waals surface area contributed by atoms with Gasteiger partial charge in [-0.05, 0) is 69.7 Å². The van der Waals surface area contributed by atoms with Crippen LogP contribution >= 0.6 is 0 Å². The summed E-state index contributed by atoms with van der Waals surface area (Å²) in [5, 5.41) is 0. The Bertz CT molecular complexity index is 1810. The summed E-state index contributed by atoms with van der Waals surface area (Å²) in [4.78, 5) is 30.2. The van der Waals surface area contributed by atoms with E-state index in [4.69, 9.17) is 18.9 Å². The monoisotopic (exact) mass is 662 g/mol. The van der Waals surface area contributed by atoms with E-state index in [1.165, 1.54) is 12.8 Å². The summed E-state index contributed by atoms with van der Waals surface area (Å²) in [7, 11) is 3.26. The van der Waals surface area contributed by atoms with Crippen molar-refractivity contribution in [2.75, 3.05) is 66.7 Å².